The quantitative estimate of drug-likeness (QED) is 0.666. The van der Waals surface area contributed by atoms with Crippen LogP contribution in [0.3, 0.4) is 0 Å². The zero-order valence-electron chi connectivity index (χ0n) is 10.7. The topological polar surface area (TPSA) is 75.6 Å². The molecule has 0 aliphatic heterocycles. The molecule has 0 saturated heterocycles. The van der Waals surface area contributed by atoms with E-state index in [0.717, 1.165) is 24.7 Å². The number of hydrogen-bond acceptors (Lipinski definition) is 3. The Morgan fingerprint density at radius 3 is 2.56 bits per heavy atom. The number of aliphatic carboxylic acids is 1. The number of ether oxygens (including phenoxy) is 1. The second kappa shape index (κ2) is 5.69. The van der Waals surface area contributed by atoms with Crippen LogP contribution in [0.5, 0.6) is 0 Å². The maximum atomic E-state index is 12.0. The molecule has 0 bridgehead atoms. The van der Waals surface area contributed by atoms with Gasteiger partial charge >= 0.3 is 5.97 Å². The number of hydrogen-bond donors (Lipinski definition) is 2. The van der Waals surface area contributed by atoms with E-state index in [2.05, 4.69) is 5.32 Å². The average Bonchev–Trinajstić information content (AvgIpc) is 2.94. The molecule has 0 heterocycles. The van der Waals surface area contributed by atoms with E-state index in [1.165, 1.54) is 6.42 Å². The Hall–Kier alpha value is -1.10. The van der Waals surface area contributed by atoms with Crippen molar-refractivity contribution in [2.75, 3.05) is 13.7 Å². The predicted molar refractivity (Wildman–Crippen MR) is 65.0 cm³/mol. The molecular weight excluding hydrogens is 234 g/mol. The minimum absolute atomic E-state index is 0.0398. The number of fused-ring (bicyclic) bond motifs is 1. The zero-order chi connectivity index (χ0) is 13.1. The molecule has 0 spiro atoms. The molecule has 3 atom stereocenters. The largest absolute Gasteiger partial charge is 0.480 e. The van der Waals surface area contributed by atoms with Gasteiger partial charge in [-0.15, -0.1) is 0 Å². The van der Waals surface area contributed by atoms with Gasteiger partial charge in [-0.2, -0.15) is 0 Å². The summed E-state index contributed by atoms with van der Waals surface area (Å²) < 4.78 is 4.89. The van der Waals surface area contributed by atoms with Gasteiger partial charge < -0.3 is 15.2 Å². The summed E-state index contributed by atoms with van der Waals surface area (Å²) in [5.74, 6) is 0.475. The fourth-order valence-electron chi connectivity index (χ4n) is 2.91. The van der Waals surface area contributed by atoms with E-state index < -0.39 is 12.0 Å². The van der Waals surface area contributed by atoms with Gasteiger partial charge in [0.1, 0.15) is 6.04 Å². The van der Waals surface area contributed by atoms with Gasteiger partial charge in [0.05, 0.1) is 0 Å². The second-order valence-corrected chi connectivity index (χ2v) is 5.46. The van der Waals surface area contributed by atoms with Crippen LogP contribution in [-0.2, 0) is 14.3 Å². The first kappa shape index (κ1) is 13.3. The molecule has 2 fully saturated rings. The fraction of sp³-hybridized carbons (Fsp3) is 0.846. The lowest BCUT2D eigenvalue weighted by molar-refractivity contribution is -0.142. The van der Waals surface area contributed by atoms with Crippen molar-refractivity contribution in [2.45, 2.75) is 38.1 Å². The van der Waals surface area contributed by atoms with Crippen LogP contribution < -0.4 is 5.32 Å². The van der Waals surface area contributed by atoms with Gasteiger partial charge in [0.2, 0.25) is 5.91 Å². The fourth-order valence-corrected chi connectivity index (χ4v) is 2.91. The van der Waals surface area contributed by atoms with Crippen LogP contribution in [0.2, 0.25) is 0 Å². The lowest BCUT2D eigenvalue weighted by Crippen LogP contribution is -2.43. The standard InChI is InChI=1S/C13H21NO4/c1-18-4-2-3-11(13(16)17)14-12(15)10-6-8-5-9(8)7-10/h8-11H,2-7H2,1H3,(H,14,15)(H,16,17). The normalized spacial score (nSPS) is 30.6. The average molecular weight is 255 g/mol. The third-order valence-electron chi connectivity index (χ3n) is 4.07. The zero-order valence-corrected chi connectivity index (χ0v) is 10.7. The van der Waals surface area contributed by atoms with Crippen molar-refractivity contribution in [3.05, 3.63) is 0 Å². The molecule has 0 aromatic rings. The van der Waals surface area contributed by atoms with E-state index >= 15 is 0 Å². The molecule has 18 heavy (non-hydrogen) atoms. The smallest absolute Gasteiger partial charge is 0.326 e. The minimum Gasteiger partial charge on any atom is -0.480 e. The second-order valence-electron chi connectivity index (χ2n) is 5.46. The van der Waals surface area contributed by atoms with Gasteiger partial charge in [0, 0.05) is 19.6 Å². The van der Waals surface area contributed by atoms with E-state index in [1.54, 1.807) is 7.11 Å². The Morgan fingerprint density at radius 1 is 1.33 bits per heavy atom. The van der Waals surface area contributed by atoms with Crippen LogP contribution in [0.25, 0.3) is 0 Å². The van der Waals surface area contributed by atoms with Crippen molar-refractivity contribution in [2.24, 2.45) is 17.8 Å². The molecule has 0 radical (unpaired) electrons. The summed E-state index contributed by atoms with van der Waals surface area (Å²) in [4.78, 5) is 23.0. The molecule has 1 amide bonds. The Morgan fingerprint density at radius 2 is 2.00 bits per heavy atom. The van der Waals surface area contributed by atoms with Crippen LogP contribution in [0, 0.1) is 17.8 Å². The van der Waals surface area contributed by atoms with Crippen LogP contribution in [0.4, 0.5) is 0 Å². The van der Waals surface area contributed by atoms with Crippen LogP contribution in [0.1, 0.15) is 32.1 Å². The summed E-state index contributed by atoms with van der Waals surface area (Å²) >= 11 is 0. The first-order valence-electron chi connectivity index (χ1n) is 6.64. The maximum Gasteiger partial charge on any atom is 0.326 e. The summed E-state index contributed by atoms with van der Waals surface area (Å²) in [5, 5.41) is 11.7. The highest BCUT2D eigenvalue weighted by molar-refractivity contribution is 5.85. The molecule has 0 aromatic heterocycles. The van der Waals surface area contributed by atoms with E-state index in [9.17, 15) is 9.59 Å². The molecular formula is C13H21NO4. The number of methoxy groups -OCH3 is 1. The number of carbonyl (C=O) groups is 2. The number of rotatable bonds is 7. The summed E-state index contributed by atoms with van der Waals surface area (Å²) in [6.45, 7) is 0.521. The van der Waals surface area contributed by atoms with Crippen LogP contribution in [0.15, 0.2) is 0 Å². The van der Waals surface area contributed by atoms with Crippen LogP contribution in [-0.4, -0.2) is 36.7 Å². The molecule has 2 aliphatic rings. The summed E-state index contributed by atoms with van der Waals surface area (Å²) in [6.07, 6.45) is 4.22. The first-order valence-corrected chi connectivity index (χ1v) is 6.64. The Bertz CT molecular complexity index is 321. The van der Waals surface area contributed by atoms with Gasteiger partial charge in [-0.3, -0.25) is 4.79 Å². The SMILES string of the molecule is COCCCC(NC(=O)C1CC2CC2C1)C(=O)O. The van der Waals surface area contributed by atoms with Crippen molar-refractivity contribution in [3.8, 4) is 0 Å². The number of amides is 1. The Balaban J connectivity index is 1.76. The lowest BCUT2D eigenvalue weighted by atomic mass is 10.0. The lowest BCUT2D eigenvalue weighted by Gasteiger charge is -2.18. The minimum atomic E-state index is -0.956. The van der Waals surface area contributed by atoms with Crippen molar-refractivity contribution < 1.29 is 19.4 Å². The van der Waals surface area contributed by atoms with E-state index in [0.29, 0.717) is 19.4 Å². The molecule has 2 aliphatic carbocycles. The summed E-state index contributed by atoms with van der Waals surface area (Å²) in [6, 6.07) is -0.774. The van der Waals surface area contributed by atoms with Crippen molar-refractivity contribution >= 4 is 11.9 Å². The van der Waals surface area contributed by atoms with Crippen LogP contribution >= 0.6 is 0 Å². The number of carboxylic acids is 1. The highest BCUT2D eigenvalue weighted by atomic mass is 16.5. The summed E-state index contributed by atoms with van der Waals surface area (Å²) in [7, 11) is 1.58. The first-order chi connectivity index (χ1) is 8.61. The summed E-state index contributed by atoms with van der Waals surface area (Å²) in [5.41, 5.74) is 0. The van der Waals surface area contributed by atoms with Gasteiger partial charge in [-0.25, -0.2) is 4.79 Å². The van der Waals surface area contributed by atoms with E-state index in [-0.39, 0.29) is 11.8 Å². The highest BCUT2D eigenvalue weighted by Gasteiger charge is 2.48. The molecule has 0 aromatic carbocycles. The molecule has 2 rings (SSSR count). The predicted octanol–water partition coefficient (Wildman–Crippen LogP) is 1.03. The molecule has 2 saturated carbocycles. The van der Waals surface area contributed by atoms with Gasteiger partial charge in [0.15, 0.2) is 0 Å². The third kappa shape index (κ3) is 3.22. The van der Waals surface area contributed by atoms with Gasteiger partial charge in [-0.05, 0) is 43.9 Å². The molecule has 5 nitrogen and oxygen atoms in total. The molecule has 3 unspecified atom stereocenters. The van der Waals surface area contributed by atoms with Gasteiger partial charge in [-0.1, -0.05) is 0 Å². The van der Waals surface area contributed by atoms with Crippen molar-refractivity contribution in [1.82, 2.24) is 5.32 Å². The third-order valence-corrected chi connectivity index (χ3v) is 4.07. The van der Waals surface area contributed by atoms with Gasteiger partial charge in [0.25, 0.3) is 0 Å². The van der Waals surface area contributed by atoms with Crippen molar-refractivity contribution in [3.63, 3.8) is 0 Å². The molecule has 5 heteroatoms. The molecule has 102 valence electrons. The monoisotopic (exact) mass is 255 g/mol. The van der Waals surface area contributed by atoms with E-state index in [1.807, 2.05) is 0 Å². The molecule has 2 N–H and O–H groups in total. The van der Waals surface area contributed by atoms with E-state index in [4.69, 9.17) is 9.84 Å². The Labute approximate surface area is 107 Å². The maximum absolute atomic E-state index is 12.0. The van der Waals surface area contributed by atoms with Crippen molar-refractivity contribution in [1.29, 1.82) is 0 Å². The Kier molecular flexibility index (Phi) is 4.22. The number of carboxylic acid groups (broad SMARTS) is 1. The number of nitrogens with one attached hydrogen (secondary N) is 1. The highest BCUT2D eigenvalue weighted by Crippen LogP contribution is 2.54. The number of carbonyl (C=O) groups excluding carboxylic acids is 1.